The number of thiophene rings is 1. The summed E-state index contributed by atoms with van der Waals surface area (Å²) in [5, 5.41) is 3.92. The molecule has 0 spiro atoms. The summed E-state index contributed by atoms with van der Waals surface area (Å²) in [7, 11) is 0. The topological polar surface area (TPSA) is 29.1 Å². The number of amides is 1. The number of nitrogens with one attached hydrogen (secondary N) is 1. The summed E-state index contributed by atoms with van der Waals surface area (Å²) >= 11 is 1.46. The van der Waals surface area contributed by atoms with Crippen molar-refractivity contribution in [3.05, 3.63) is 89.6 Å². The fraction of sp³-hybridized carbons (Fsp3) is 0. The minimum absolute atomic E-state index is 0.188. The summed E-state index contributed by atoms with van der Waals surface area (Å²) < 4.78 is 14.1. The average molecular weight is 347 g/mol. The number of rotatable bonds is 3. The number of carbonyl (C=O) groups is 1. The van der Waals surface area contributed by atoms with E-state index in [-0.39, 0.29) is 11.7 Å². The number of hydrogen-bond donors (Lipinski definition) is 1. The Hall–Kier alpha value is -2.98. The molecule has 0 saturated carbocycles. The molecule has 4 rings (SSSR count). The van der Waals surface area contributed by atoms with Gasteiger partial charge in [-0.2, -0.15) is 0 Å². The van der Waals surface area contributed by atoms with E-state index in [1.807, 2.05) is 54.6 Å². The van der Waals surface area contributed by atoms with Crippen molar-refractivity contribution in [2.24, 2.45) is 0 Å². The van der Waals surface area contributed by atoms with E-state index in [0.29, 0.717) is 10.6 Å². The molecular formula is C21H14FNOS. The SMILES string of the molecule is O=C(Nc1ccc(F)cc1)c1sc2ccccc2c1-c1ccccc1. The van der Waals surface area contributed by atoms with Crippen molar-refractivity contribution in [2.45, 2.75) is 0 Å². The van der Waals surface area contributed by atoms with Crippen LogP contribution in [0.2, 0.25) is 0 Å². The molecule has 1 amide bonds. The number of anilines is 1. The Morgan fingerprint density at radius 1 is 0.840 bits per heavy atom. The third-order valence-corrected chi connectivity index (χ3v) is 5.14. The number of benzene rings is 3. The Labute approximate surface area is 148 Å². The van der Waals surface area contributed by atoms with E-state index in [1.54, 1.807) is 12.1 Å². The van der Waals surface area contributed by atoms with Gasteiger partial charge in [0.15, 0.2) is 0 Å². The van der Waals surface area contributed by atoms with Gasteiger partial charge in [-0.15, -0.1) is 11.3 Å². The Bertz CT molecular complexity index is 1040. The first-order valence-corrected chi connectivity index (χ1v) is 8.68. The summed E-state index contributed by atoms with van der Waals surface area (Å²) in [5.41, 5.74) is 2.51. The Balaban J connectivity index is 1.81. The maximum absolute atomic E-state index is 13.1. The maximum Gasteiger partial charge on any atom is 0.266 e. The summed E-state index contributed by atoms with van der Waals surface area (Å²) in [4.78, 5) is 13.5. The van der Waals surface area contributed by atoms with Gasteiger partial charge in [0.25, 0.3) is 5.91 Å². The van der Waals surface area contributed by atoms with Gasteiger partial charge in [0.2, 0.25) is 0 Å². The van der Waals surface area contributed by atoms with E-state index < -0.39 is 0 Å². The number of halogens is 1. The highest BCUT2D eigenvalue weighted by atomic mass is 32.1. The molecule has 0 unspecified atom stereocenters. The molecule has 25 heavy (non-hydrogen) atoms. The van der Waals surface area contributed by atoms with Crippen molar-refractivity contribution < 1.29 is 9.18 Å². The lowest BCUT2D eigenvalue weighted by Crippen LogP contribution is -2.11. The molecule has 0 aliphatic carbocycles. The van der Waals surface area contributed by atoms with Crippen molar-refractivity contribution in [3.8, 4) is 11.1 Å². The van der Waals surface area contributed by atoms with Crippen LogP contribution < -0.4 is 5.32 Å². The van der Waals surface area contributed by atoms with E-state index in [2.05, 4.69) is 5.32 Å². The predicted molar refractivity (Wildman–Crippen MR) is 102 cm³/mol. The lowest BCUT2D eigenvalue weighted by atomic mass is 10.0. The minimum atomic E-state index is -0.329. The smallest absolute Gasteiger partial charge is 0.266 e. The van der Waals surface area contributed by atoms with E-state index in [4.69, 9.17) is 0 Å². The normalized spacial score (nSPS) is 10.8. The minimum Gasteiger partial charge on any atom is -0.321 e. The van der Waals surface area contributed by atoms with Gasteiger partial charge in [-0.3, -0.25) is 4.79 Å². The van der Waals surface area contributed by atoms with Gasteiger partial charge in [0.1, 0.15) is 10.7 Å². The van der Waals surface area contributed by atoms with Crippen molar-refractivity contribution in [2.75, 3.05) is 5.32 Å². The first-order chi connectivity index (χ1) is 12.2. The second-order valence-electron chi connectivity index (χ2n) is 5.63. The van der Waals surface area contributed by atoms with Gasteiger partial charge < -0.3 is 5.32 Å². The largest absolute Gasteiger partial charge is 0.321 e. The highest BCUT2D eigenvalue weighted by Gasteiger charge is 2.19. The second-order valence-corrected chi connectivity index (χ2v) is 6.68. The fourth-order valence-corrected chi connectivity index (χ4v) is 3.94. The molecular weight excluding hydrogens is 333 g/mol. The standard InChI is InChI=1S/C21H14FNOS/c22-15-10-12-16(13-11-15)23-21(24)20-19(14-6-2-1-3-7-14)17-8-4-5-9-18(17)25-20/h1-13H,(H,23,24). The molecule has 4 heteroatoms. The van der Waals surface area contributed by atoms with E-state index in [1.165, 1.54) is 23.5 Å². The molecule has 0 bridgehead atoms. The molecule has 0 aliphatic heterocycles. The van der Waals surface area contributed by atoms with Gasteiger partial charge in [-0.25, -0.2) is 4.39 Å². The van der Waals surface area contributed by atoms with E-state index >= 15 is 0 Å². The monoisotopic (exact) mass is 347 g/mol. The summed E-state index contributed by atoms with van der Waals surface area (Å²) in [6, 6.07) is 23.7. The average Bonchev–Trinajstić information content (AvgIpc) is 3.04. The van der Waals surface area contributed by atoms with Gasteiger partial charge >= 0.3 is 0 Å². The number of fused-ring (bicyclic) bond motifs is 1. The van der Waals surface area contributed by atoms with Gasteiger partial charge in [0, 0.05) is 21.3 Å². The number of carbonyl (C=O) groups excluding carboxylic acids is 1. The third-order valence-electron chi connectivity index (χ3n) is 3.97. The predicted octanol–water partition coefficient (Wildman–Crippen LogP) is 5.96. The van der Waals surface area contributed by atoms with Crippen molar-refractivity contribution >= 4 is 33.0 Å². The zero-order valence-electron chi connectivity index (χ0n) is 13.2. The highest BCUT2D eigenvalue weighted by molar-refractivity contribution is 7.21. The molecule has 122 valence electrons. The molecule has 0 fully saturated rings. The van der Waals surface area contributed by atoms with E-state index in [0.717, 1.165) is 21.2 Å². The zero-order valence-corrected chi connectivity index (χ0v) is 14.0. The summed E-state index contributed by atoms with van der Waals surface area (Å²) in [6.45, 7) is 0. The van der Waals surface area contributed by atoms with Crippen molar-refractivity contribution in [1.82, 2.24) is 0 Å². The maximum atomic E-state index is 13.1. The summed E-state index contributed by atoms with van der Waals surface area (Å²) in [6.07, 6.45) is 0. The molecule has 2 nitrogen and oxygen atoms in total. The van der Waals surface area contributed by atoms with Crippen LogP contribution in [0.4, 0.5) is 10.1 Å². The van der Waals surface area contributed by atoms with Crippen LogP contribution in [0.15, 0.2) is 78.9 Å². The molecule has 0 aliphatic rings. The van der Waals surface area contributed by atoms with Gasteiger partial charge in [-0.05, 0) is 35.9 Å². The molecule has 0 atom stereocenters. The highest BCUT2D eigenvalue weighted by Crippen LogP contribution is 2.39. The van der Waals surface area contributed by atoms with Crippen LogP contribution in [-0.2, 0) is 0 Å². The second kappa shape index (κ2) is 6.49. The zero-order chi connectivity index (χ0) is 17.2. The Morgan fingerprint density at radius 3 is 2.28 bits per heavy atom. The van der Waals surface area contributed by atoms with E-state index in [9.17, 15) is 9.18 Å². The van der Waals surface area contributed by atoms with Crippen LogP contribution in [0.5, 0.6) is 0 Å². The quantitative estimate of drug-likeness (QED) is 0.487. The molecule has 0 radical (unpaired) electrons. The molecule has 4 aromatic rings. The third kappa shape index (κ3) is 3.04. The van der Waals surface area contributed by atoms with Crippen molar-refractivity contribution in [3.63, 3.8) is 0 Å². The van der Waals surface area contributed by atoms with Gasteiger partial charge in [0.05, 0.1) is 0 Å². The van der Waals surface area contributed by atoms with Crippen molar-refractivity contribution in [1.29, 1.82) is 0 Å². The molecule has 1 heterocycles. The fourth-order valence-electron chi connectivity index (χ4n) is 2.82. The van der Waals surface area contributed by atoms with Crippen LogP contribution in [0.3, 0.4) is 0 Å². The molecule has 1 N–H and O–H groups in total. The molecule has 3 aromatic carbocycles. The van der Waals surface area contributed by atoms with Crippen LogP contribution >= 0.6 is 11.3 Å². The Morgan fingerprint density at radius 2 is 1.52 bits per heavy atom. The first-order valence-electron chi connectivity index (χ1n) is 7.86. The first kappa shape index (κ1) is 15.5. The van der Waals surface area contributed by atoms with Gasteiger partial charge in [-0.1, -0.05) is 48.5 Å². The molecule has 0 saturated heterocycles. The Kier molecular flexibility index (Phi) is 4.04. The molecule has 1 aromatic heterocycles. The lowest BCUT2D eigenvalue weighted by molar-refractivity contribution is 0.103. The number of hydrogen-bond acceptors (Lipinski definition) is 2. The van der Waals surface area contributed by atoms with Crippen LogP contribution in [0, 0.1) is 5.82 Å². The lowest BCUT2D eigenvalue weighted by Gasteiger charge is -2.07. The van der Waals surface area contributed by atoms with Crippen LogP contribution in [0.1, 0.15) is 9.67 Å². The van der Waals surface area contributed by atoms with Crippen LogP contribution in [0.25, 0.3) is 21.2 Å². The van der Waals surface area contributed by atoms with Crippen LogP contribution in [-0.4, -0.2) is 5.91 Å². The summed E-state index contributed by atoms with van der Waals surface area (Å²) in [5.74, 6) is -0.517.